The molecule has 0 amide bonds. The van der Waals surface area contributed by atoms with Gasteiger partial charge in [0.05, 0.1) is 35.9 Å². The number of esters is 1. The summed E-state index contributed by atoms with van der Waals surface area (Å²) in [7, 11) is -0.913. The number of nitrogens with one attached hydrogen (secondary N) is 1. The molecular formula is C23H21ClN2O6S. The van der Waals surface area contributed by atoms with Gasteiger partial charge in [0.2, 0.25) is 0 Å². The smallest absolute Gasteiger partial charge is 0.343 e. The predicted molar refractivity (Wildman–Crippen MR) is 125 cm³/mol. The third kappa shape index (κ3) is 6.03. The van der Waals surface area contributed by atoms with Crippen molar-refractivity contribution >= 4 is 33.8 Å². The first-order valence-corrected chi connectivity index (χ1v) is 11.4. The summed E-state index contributed by atoms with van der Waals surface area (Å²) in [6.07, 6.45) is 1.26. The van der Waals surface area contributed by atoms with E-state index in [1.807, 2.05) is 6.92 Å². The summed E-state index contributed by atoms with van der Waals surface area (Å²) in [6.45, 7) is 1.86. The Hall–Kier alpha value is -3.56. The van der Waals surface area contributed by atoms with Crippen LogP contribution in [0.15, 0.2) is 70.7 Å². The number of sulfonamides is 1. The zero-order valence-electron chi connectivity index (χ0n) is 18.0. The summed E-state index contributed by atoms with van der Waals surface area (Å²) in [5.41, 5.74) is 1.66. The Bertz CT molecular complexity index is 1270. The van der Waals surface area contributed by atoms with Crippen LogP contribution in [0.1, 0.15) is 21.5 Å². The van der Waals surface area contributed by atoms with Crippen LogP contribution in [-0.4, -0.2) is 34.8 Å². The molecule has 0 saturated carbocycles. The Morgan fingerprint density at radius 3 is 2.27 bits per heavy atom. The largest absolute Gasteiger partial charge is 0.497 e. The van der Waals surface area contributed by atoms with Crippen LogP contribution in [0, 0.1) is 6.92 Å². The van der Waals surface area contributed by atoms with E-state index in [4.69, 9.17) is 25.8 Å². The lowest BCUT2D eigenvalue weighted by atomic mass is 10.2. The van der Waals surface area contributed by atoms with Crippen molar-refractivity contribution in [2.75, 3.05) is 14.2 Å². The highest BCUT2D eigenvalue weighted by Gasteiger charge is 2.17. The molecule has 172 valence electrons. The number of methoxy groups -OCH3 is 2. The van der Waals surface area contributed by atoms with Gasteiger partial charge < -0.3 is 14.2 Å². The first-order valence-electron chi connectivity index (χ1n) is 9.59. The van der Waals surface area contributed by atoms with E-state index < -0.39 is 16.0 Å². The van der Waals surface area contributed by atoms with Crippen molar-refractivity contribution in [1.29, 1.82) is 0 Å². The number of hydrogen-bond acceptors (Lipinski definition) is 7. The van der Waals surface area contributed by atoms with Gasteiger partial charge in [-0.2, -0.15) is 13.5 Å². The second-order valence-electron chi connectivity index (χ2n) is 6.82. The van der Waals surface area contributed by atoms with Crippen molar-refractivity contribution in [2.45, 2.75) is 11.8 Å². The van der Waals surface area contributed by atoms with E-state index in [1.165, 1.54) is 44.7 Å². The number of hydrogen-bond donors (Lipinski definition) is 1. The van der Waals surface area contributed by atoms with Gasteiger partial charge in [-0.3, -0.25) is 0 Å². The van der Waals surface area contributed by atoms with E-state index in [0.717, 1.165) is 5.56 Å². The van der Waals surface area contributed by atoms with Gasteiger partial charge in [-0.05, 0) is 61.0 Å². The van der Waals surface area contributed by atoms with Crippen molar-refractivity contribution in [2.24, 2.45) is 5.10 Å². The highest BCUT2D eigenvalue weighted by atomic mass is 35.5. The summed E-state index contributed by atoms with van der Waals surface area (Å²) in [4.78, 5) is 14.7. The van der Waals surface area contributed by atoms with Crippen molar-refractivity contribution < 1.29 is 27.4 Å². The summed E-state index contributed by atoms with van der Waals surface area (Å²) in [5, 5.41) is 3.87. The summed E-state index contributed by atoms with van der Waals surface area (Å²) < 4.78 is 40.4. The van der Waals surface area contributed by atoms with Crippen LogP contribution in [0.25, 0.3) is 0 Å². The quantitative estimate of drug-likeness (QED) is 0.220. The van der Waals surface area contributed by atoms with Gasteiger partial charge in [-0.15, -0.1) is 0 Å². The molecule has 0 fully saturated rings. The van der Waals surface area contributed by atoms with Crippen molar-refractivity contribution in [1.82, 2.24) is 4.83 Å². The zero-order chi connectivity index (χ0) is 24.0. The minimum absolute atomic E-state index is 0.0253. The second-order valence-corrected chi connectivity index (χ2v) is 8.89. The van der Waals surface area contributed by atoms with E-state index in [2.05, 4.69) is 9.93 Å². The lowest BCUT2D eigenvalue weighted by molar-refractivity contribution is 0.0729. The molecule has 33 heavy (non-hydrogen) atoms. The van der Waals surface area contributed by atoms with E-state index in [0.29, 0.717) is 16.9 Å². The highest BCUT2D eigenvalue weighted by Crippen LogP contribution is 2.36. The van der Waals surface area contributed by atoms with Gasteiger partial charge in [-0.1, -0.05) is 29.3 Å². The number of carbonyl (C=O) groups excluding carboxylic acids is 1. The Labute approximate surface area is 196 Å². The second kappa shape index (κ2) is 10.4. The number of carbonyl (C=O) groups is 1. The molecule has 0 saturated heterocycles. The first-order chi connectivity index (χ1) is 15.7. The van der Waals surface area contributed by atoms with Crippen LogP contribution >= 0.6 is 11.6 Å². The minimum atomic E-state index is -3.82. The number of hydrazone groups is 1. The molecule has 0 aliphatic rings. The number of aryl methyl sites for hydroxylation is 1. The molecular weight excluding hydrogens is 468 g/mol. The van der Waals surface area contributed by atoms with Gasteiger partial charge in [0, 0.05) is 0 Å². The Morgan fingerprint density at radius 1 is 1.00 bits per heavy atom. The lowest BCUT2D eigenvalue weighted by Gasteiger charge is -2.12. The molecule has 1 N–H and O–H groups in total. The molecule has 0 aliphatic heterocycles. The molecule has 3 aromatic rings. The molecule has 0 aromatic heterocycles. The van der Waals surface area contributed by atoms with Gasteiger partial charge in [0.25, 0.3) is 10.0 Å². The molecule has 0 bridgehead atoms. The van der Waals surface area contributed by atoms with E-state index >= 15 is 0 Å². The van der Waals surface area contributed by atoms with Crippen LogP contribution in [0.4, 0.5) is 0 Å². The van der Waals surface area contributed by atoms with Gasteiger partial charge in [0.15, 0.2) is 11.5 Å². The van der Waals surface area contributed by atoms with Gasteiger partial charge in [-0.25, -0.2) is 9.63 Å². The highest BCUT2D eigenvalue weighted by molar-refractivity contribution is 7.89. The SMILES string of the molecule is COc1ccc(C(=O)Oc2c(Cl)cc(C=NNS(=O)(=O)c3ccc(C)cc3)cc2OC)cc1. The molecule has 0 unspecified atom stereocenters. The Kier molecular flexibility index (Phi) is 7.57. The molecule has 0 aliphatic carbocycles. The monoisotopic (exact) mass is 488 g/mol. The standard InChI is InChI=1S/C23H21ClN2O6S/c1-15-4-10-19(11-5-15)33(28,29)26-25-14-16-12-20(24)22(21(13-16)31-3)32-23(27)17-6-8-18(30-2)9-7-17/h4-14,26H,1-3H3. The van der Waals surface area contributed by atoms with Crippen molar-refractivity contribution in [3.8, 4) is 17.2 Å². The summed E-state index contributed by atoms with van der Waals surface area (Å²) >= 11 is 6.29. The average molecular weight is 489 g/mol. The molecule has 0 radical (unpaired) electrons. The molecule has 8 nitrogen and oxygen atoms in total. The molecule has 0 atom stereocenters. The molecule has 3 aromatic carbocycles. The van der Waals surface area contributed by atoms with Crippen LogP contribution in [0.2, 0.25) is 5.02 Å². The Morgan fingerprint density at radius 2 is 1.67 bits per heavy atom. The zero-order valence-corrected chi connectivity index (χ0v) is 19.6. The fraction of sp³-hybridized carbons (Fsp3) is 0.130. The number of rotatable bonds is 8. The average Bonchev–Trinajstić information content (AvgIpc) is 2.80. The molecule has 3 rings (SSSR count). The van der Waals surface area contributed by atoms with E-state index in [9.17, 15) is 13.2 Å². The first kappa shape index (κ1) is 24.1. The van der Waals surface area contributed by atoms with Crippen molar-refractivity contribution in [3.63, 3.8) is 0 Å². The summed E-state index contributed by atoms with van der Waals surface area (Å²) in [6, 6.07) is 15.7. The maximum atomic E-state index is 12.5. The fourth-order valence-corrected chi connectivity index (χ4v) is 3.78. The maximum absolute atomic E-state index is 12.5. The number of halogens is 1. The van der Waals surface area contributed by atoms with Crippen LogP contribution in [-0.2, 0) is 10.0 Å². The van der Waals surface area contributed by atoms with Crippen LogP contribution in [0.5, 0.6) is 17.2 Å². The van der Waals surface area contributed by atoms with Crippen LogP contribution in [0.3, 0.4) is 0 Å². The normalized spacial score (nSPS) is 11.3. The predicted octanol–water partition coefficient (Wildman–Crippen LogP) is 4.20. The topological polar surface area (TPSA) is 103 Å². The van der Waals surface area contributed by atoms with Gasteiger partial charge >= 0.3 is 5.97 Å². The minimum Gasteiger partial charge on any atom is -0.497 e. The number of benzene rings is 3. The molecule has 0 heterocycles. The molecule has 10 heteroatoms. The van der Waals surface area contributed by atoms with E-state index in [1.54, 1.807) is 36.4 Å². The summed E-state index contributed by atoms with van der Waals surface area (Å²) in [5.74, 6) is 0.165. The van der Waals surface area contributed by atoms with Crippen molar-refractivity contribution in [3.05, 3.63) is 82.4 Å². The van der Waals surface area contributed by atoms with E-state index in [-0.39, 0.29) is 21.4 Å². The third-order valence-corrected chi connectivity index (χ3v) is 6.01. The Balaban J connectivity index is 1.76. The third-order valence-electron chi connectivity index (χ3n) is 4.49. The van der Waals surface area contributed by atoms with Gasteiger partial charge in [0.1, 0.15) is 5.75 Å². The number of ether oxygens (including phenoxy) is 3. The molecule has 0 spiro atoms. The van der Waals surface area contributed by atoms with Crippen LogP contribution < -0.4 is 19.0 Å². The maximum Gasteiger partial charge on any atom is 0.343 e. The number of nitrogens with zero attached hydrogens (tertiary/aromatic N) is 1. The fourth-order valence-electron chi connectivity index (χ4n) is 2.73. The lowest BCUT2D eigenvalue weighted by Crippen LogP contribution is -2.18.